The van der Waals surface area contributed by atoms with Crippen molar-refractivity contribution >= 4 is 39.5 Å². The molecule has 0 amide bonds. The Morgan fingerprint density at radius 1 is 0.943 bits per heavy atom. The molecular weight excluding hydrogens is 458 g/mol. The maximum Gasteiger partial charge on any atom is 0.409 e. The second-order valence-corrected chi connectivity index (χ2v) is 8.87. The van der Waals surface area contributed by atoms with Crippen molar-refractivity contribution in [3.05, 3.63) is 95.8 Å². The van der Waals surface area contributed by atoms with Crippen molar-refractivity contribution in [2.75, 3.05) is 18.1 Å². The predicted octanol–water partition coefficient (Wildman–Crippen LogP) is 5.60. The molecule has 178 valence electrons. The molecule has 0 aliphatic rings. The van der Waals surface area contributed by atoms with Gasteiger partial charge in [-0.15, -0.1) is 0 Å². The molecule has 7 nitrogen and oxygen atoms in total. The summed E-state index contributed by atoms with van der Waals surface area (Å²) in [6.07, 6.45) is 4.15. The van der Waals surface area contributed by atoms with Crippen LogP contribution in [0.15, 0.2) is 95.4 Å². The molecule has 2 heterocycles. The molecule has 4 rings (SSSR count). The normalized spacial score (nSPS) is 11.1. The van der Waals surface area contributed by atoms with Gasteiger partial charge in [0.2, 0.25) is 0 Å². The zero-order valence-electron chi connectivity index (χ0n) is 20.2. The lowest BCUT2D eigenvalue weighted by atomic mass is 10.2. The van der Waals surface area contributed by atoms with Crippen molar-refractivity contribution in [1.29, 1.82) is 0 Å². The van der Waals surface area contributed by atoms with E-state index in [0.717, 1.165) is 35.8 Å². The van der Waals surface area contributed by atoms with Crippen LogP contribution in [0.4, 0.5) is 22.2 Å². The quantitative estimate of drug-likeness (QED) is 0.175. The Balaban J connectivity index is 1.53. The summed E-state index contributed by atoms with van der Waals surface area (Å²) in [5.74, 6) is -0.328. The first-order valence-electron chi connectivity index (χ1n) is 11.5. The Labute approximate surface area is 209 Å². The summed E-state index contributed by atoms with van der Waals surface area (Å²) in [5, 5.41) is 9.43. The molecule has 0 unspecified atom stereocenters. The number of aromatic nitrogens is 2. The maximum absolute atomic E-state index is 12.2. The molecule has 0 spiro atoms. The van der Waals surface area contributed by atoms with Crippen molar-refractivity contribution < 1.29 is 18.7 Å². The molecule has 0 fully saturated rings. The average molecular weight is 488 g/mol. The van der Waals surface area contributed by atoms with Gasteiger partial charge in [0, 0.05) is 23.5 Å². The number of azo groups is 1. The van der Waals surface area contributed by atoms with Crippen LogP contribution in [0.3, 0.4) is 0 Å². The van der Waals surface area contributed by atoms with Crippen molar-refractivity contribution in [1.82, 2.24) is 0 Å². The standard InChI is InChI=1S/C27H29N5O2S/c1-4-34-26(33)25-21(2)30(3)27(35-25)29-28-22-13-15-24(16-14-22)32(23-11-7-5-8-12-23)20-19-31-17-9-6-10-18-31/h5-18H,4,19-20H2,1-3H3/q+2. The van der Waals surface area contributed by atoms with Gasteiger partial charge in [-0.25, -0.2) is 13.9 Å². The molecule has 2 aromatic carbocycles. The molecule has 8 heteroatoms. The average Bonchev–Trinajstić information content (AvgIpc) is 3.18. The molecule has 0 bridgehead atoms. The molecule has 0 atom stereocenters. The Morgan fingerprint density at radius 3 is 2.29 bits per heavy atom. The highest BCUT2D eigenvalue weighted by Gasteiger charge is 2.25. The highest BCUT2D eigenvalue weighted by atomic mass is 32.1. The van der Waals surface area contributed by atoms with Crippen LogP contribution in [0.25, 0.3) is 0 Å². The number of thiazole rings is 1. The van der Waals surface area contributed by atoms with E-state index in [9.17, 15) is 4.79 Å². The van der Waals surface area contributed by atoms with Crippen LogP contribution < -0.4 is 14.0 Å². The van der Waals surface area contributed by atoms with Gasteiger partial charge in [-0.3, -0.25) is 0 Å². The number of ether oxygens (including phenoxy) is 1. The van der Waals surface area contributed by atoms with Gasteiger partial charge < -0.3 is 9.64 Å². The van der Waals surface area contributed by atoms with E-state index < -0.39 is 0 Å². The lowest BCUT2D eigenvalue weighted by molar-refractivity contribution is -0.694. The fourth-order valence-electron chi connectivity index (χ4n) is 3.62. The molecule has 35 heavy (non-hydrogen) atoms. The van der Waals surface area contributed by atoms with Crippen molar-refractivity contribution in [3.8, 4) is 0 Å². The van der Waals surface area contributed by atoms with Gasteiger partial charge >= 0.3 is 11.1 Å². The van der Waals surface area contributed by atoms with Gasteiger partial charge in [0.05, 0.1) is 25.3 Å². The first kappa shape index (κ1) is 24.2. The molecule has 0 aliphatic carbocycles. The summed E-state index contributed by atoms with van der Waals surface area (Å²) >= 11 is 1.28. The number of benzene rings is 2. The fourth-order valence-corrected chi connectivity index (χ4v) is 4.58. The number of esters is 1. The first-order chi connectivity index (χ1) is 17.1. The number of rotatable bonds is 9. The minimum absolute atomic E-state index is 0.328. The molecule has 4 aromatic rings. The monoisotopic (exact) mass is 487 g/mol. The Morgan fingerprint density at radius 2 is 1.60 bits per heavy atom. The van der Waals surface area contributed by atoms with Crippen molar-refractivity contribution in [3.63, 3.8) is 0 Å². The summed E-state index contributed by atoms with van der Waals surface area (Å²) in [7, 11) is 1.87. The van der Waals surface area contributed by atoms with Crippen molar-refractivity contribution in [2.45, 2.75) is 20.4 Å². The van der Waals surface area contributed by atoms with Crippen LogP contribution in [0.2, 0.25) is 0 Å². The molecular formula is C27H29N5O2S+2. The predicted molar refractivity (Wildman–Crippen MR) is 137 cm³/mol. The van der Waals surface area contributed by atoms with Crippen LogP contribution >= 0.6 is 11.3 Å². The highest BCUT2D eigenvalue weighted by molar-refractivity contribution is 7.16. The van der Waals surface area contributed by atoms with Gasteiger partial charge in [0.25, 0.3) is 0 Å². The first-order valence-corrected chi connectivity index (χ1v) is 12.3. The number of anilines is 2. The summed E-state index contributed by atoms with van der Waals surface area (Å²) < 4.78 is 9.17. The molecule has 0 N–H and O–H groups in total. The lowest BCUT2D eigenvalue weighted by Crippen LogP contribution is -2.38. The van der Waals surface area contributed by atoms with Gasteiger partial charge in [-0.1, -0.05) is 24.3 Å². The number of carbonyl (C=O) groups is 1. The van der Waals surface area contributed by atoms with Gasteiger partial charge in [0.1, 0.15) is 11.4 Å². The maximum atomic E-state index is 12.2. The number of para-hydroxylation sites is 1. The largest absolute Gasteiger partial charge is 0.462 e. The van der Waals surface area contributed by atoms with Crippen LogP contribution in [0.5, 0.6) is 0 Å². The summed E-state index contributed by atoms with van der Waals surface area (Å²) in [5.41, 5.74) is 3.76. The SMILES string of the molecule is CCOC(=O)c1sc(N=Nc2ccc(N(CC[n+]3ccccc3)c3ccccc3)cc2)[n+](C)c1C. The Bertz CT molecular complexity index is 1290. The van der Waals surface area contributed by atoms with E-state index >= 15 is 0 Å². The Hall–Kier alpha value is -3.91. The summed E-state index contributed by atoms with van der Waals surface area (Å²) in [6, 6.07) is 24.5. The van der Waals surface area contributed by atoms with Gasteiger partial charge in [-0.05, 0) is 66.7 Å². The Kier molecular flexibility index (Phi) is 7.95. The van der Waals surface area contributed by atoms with Gasteiger partial charge in [-0.2, -0.15) is 0 Å². The van der Waals surface area contributed by atoms with Crippen LogP contribution in [-0.2, 0) is 18.3 Å². The minimum atomic E-state index is -0.328. The van der Waals surface area contributed by atoms with Crippen LogP contribution in [0.1, 0.15) is 22.3 Å². The van der Waals surface area contributed by atoms with Crippen LogP contribution in [0, 0.1) is 6.92 Å². The third kappa shape index (κ3) is 5.96. The second-order valence-electron chi connectivity index (χ2n) is 7.90. The van der Waals surface area contributed by atoms with Crippen LogP contribution in [-0.4, -0.2) is 19.1 Å². The molecule has 0 saturated carbocycles. The number of hydrogen-bond donors (Lipinski definition) is 0. The lowest BCUT2D eigenvalue weighted by Gasteiger charge is -2.23. The smallest absolute Gasteiger partial charge is 0.409 e. The number of hydrogen-bond acceptors (Lipinski definition) is 6. The third-order valence-electron chi connectivity index (χ3n) is 5.61. The van der Waals surface area contributed by atoms with E-state index in [-0.39, 0.29) is 5.97 Å². The highest BCUT2D eigenvalue weighted by Crippen LogP contribution is 2.29. The summed E-state index contributed by atoms with van der Waals surface area (Å²) in [6.45, 7) is 5.69. The van der Waals surface area contributed by atoms with E-state index in [1.54, 1.807) is 6.92 Å². The van der Waals surface area contributed by atoms with Crippen molar-refractivity contribution in [2.24, 2.45) is 17.3 Å². The zero-order valence-corrected chi connectivity index (χ0v) is 21.0. The topological polar surface area (TPSA) is 62.0 Å². The number of nitrogens with zero attached hydrogens (tertiary/aromatic N) is 5. The molecule has 0 aliphatic heterocycles. The minimum Gasteiger partial charge on any atom is -0.462 e. The molecule has 0 radical (unpaired) electrons. The second kappa shape index (κ2) is 11.5. The third-order valence-corrected chi connectivity index (χ3v) is 6.82. The van der Waals surface area contributed by atoms with Gasteiger partial charge in [0.15, 0.2) is 23.8 Å². The van der Waals surface area contributed by atoms with E-state index in [0.29, 0.717) is 16.6 Å². The van der Waals surface area contributed by atoms with E-state index in [1.165, 1.54) is 11.3 Å². The molecule has 0 saturated heterocycles. The molecule has 2 aromatic heterocycles. The zero-order chi connectivity index (χ0) is 24.6. The van der Waals surface area contributed by atoms with E-state index in [2.05, 4.69) is 56.4 Å². The number of carbonyl (C=O) groups excluding carboxylic acids is 1. The summed E-state index contributed by atoms with van der Waals surface area (Å²) in [4.78, 5) is 15.0. The van der Waals surface area contributed by atoms with E-state index in [4.69, 9.17) is 4.74 Å². The van der Waals surface area contributed by atoms with E-state index in [1.807, 2.05) is 67.1 Å². The fraction of sp³-hybridized carbons (Fsp3) is 0.222. The number of pyridine rings is 1.